The minimum atomic E-state index is -3.22. The van der Waals surface area contributed by atoms with Gasteiger partial charge in [0.05, 0.1) is 10.4 Å². The second-order valence-electron chi connectivity index (χ2n) is 8.28. The summed E-state index contributed by atoms with van der Waals surface area (Å²) < 4.78 is 29.5. The number of aromatic nitrogens is 2. The molecule has 1 aromatic heterocycles. The first kappa shape index (κ1) is 21.5. The van der Waals surface area contributed by atoms with Gasteiger partial charge in [-0.2, -0.15) is 0 Å². The molecule has 4 rings (SSSR count). The molecule has 0 amide bonds. The Morgan fingerprint density at radius 2 is 1.81 bits per heavy atom. The quantitative estimate of drug-likeness (QED) is 0.619. The number of nitrogens with zero attached hydrogens (tertiary/aromatic N) is 3. The lowest BCUT2D eigenvalue weighted by molar-refractivity contribution is 0.0844. The third-order valence-electron chi connectivity index (χ3n) is 5.60. The highest BCUT2D eigenvalue weighted by molar-refractivity contribution is 7.90. The van der Waals surface area contributed by atoms with Crippen molar-refractivity contribution in [2.75, 3.05) is 24.7 Å². The van der Waals surface area contributed by atoms with Crippen LogP contribution < -0.4 is 10.1 Å². The molecular formula is C23H28N4O3S. The van der Waals surface area contributed by atoms with Gasteiger partial charge in [0.2, 0.25) is 5.95 Å². The Balaban J connectivity index is 1.46. The highest BCUT2D eigenvalue weighted by atomic mass is 32.2. The molecule has 1 aliphatic rings. The van der Waals surface area contributed by atoms with Crippen LogP contribution in [-0.4, -0.2) is 54.8 Å². The first-order valence-corrected chi connectivity index (χ1v) is 12.4. The number of anilines is 2. The van der Waals surface area contributed by atoms with E-state index >= 15 is 0 Å². The molecule has 8 heteroatoms. The number of hydrogen-bond donors (Lipinski definition) is 1. The molecule has 1 N–H and O–H groups in total. The Morgan fingerprint density at radius 1 is 1.10 bits per heavy atom. The van der Waals surface area contributed by atoms with E-state index in [0.29, 0.717) is 12.0 Å². The van der Waals surface area contributed by atoms with Gasteiger partial charge in [-0.1, -0.05) is 0 Å². The topological polar surface area (TPSA) is 84.4 Å². The fourth-order valence-corrected chi connectivity index (χ4v) is 4.38. The van der Waals surface area contributed by atoms with Crippen LogP contribution in [0.2, 0.25) is 0 Å². The van der Waals surface area contributed by atoms with E-state index in [4.69, 9.17) is 4.74 Å². The van der Waals surface area contributed by atoms with Crippen molar-refractivity contribution >= 4 is 32.4 Å². The molecular weight excluding hydrogens is 412 g/mol. The predicted molar refractivity (Wildman–Crippen MR) is 123 cm³/mol. The van der Waals surface area contributed by atoms with E-state index in [1.807, 2.05) is 18.2 Å². The first-order valence-electron chi connectivity index (χ1n) is 10.5. The summed E-state index contributed by atoms with van der Waals surface area (Å²) in [5.41, 5.74) is 1.51. The largest absolute Gasteiger partial charge is 0.490 e. The average molecular weight is 441 g/mol. The molecule has 164 valence electrons. The number of sulfone groups is 1. The lowest BCUT2D eigenvalue weighted by Gasteiger charge is -2.34. The van der Waals surface area contributed by atoms with Gasteiger partial charge >= 0.3 is 0 Å². The molecule has 1 aliphatic heterocycles. The predicted octanol–water partition coefficient (Wildman–Crippen LogP) is 4.03. The number of nitrogens with one attached hydrogen (secondary N) is 1. The molecule has 0 spiro atoms. The Morgan fingerprint density at radius 3 is 2.45 bits per heavy atom. The fraction of sp³-hybridized carbons (Fsp3) is 0.391. The number of benzene rings is 2. The van der Waals surface area contributed by atoms with Crippen LogP contribution in [0.4, 0.5) is 11.6 Å². The highest BCUT2D eigenvalue weighted by Gasteiger charge is 2.22. The van der Waals surface area contributed by atoms with Crippen LogP contribution in [0, 0.1) is 0 Å². The average Bonchev–Trinajstić information content (AvgIpc) is 2.74. The molecule has 0 unspecified atom stereocenters. The number of hydrogen-bond acceptors (Lipinski definition) is 7. The second-order valence-corrected chi connectivity index (χ2v) is 10.3. The van der Waals surface area contributed by atoms with Crippen LogP contribution in [0.1, 0.15) is 26.7 Å². The maximum Gasteiger partial charge on any atom is 0.227 e. The molecule has 0 atom stereocenters. The molecule has 2 heterocycles. The third-order valence-corrected chi connectivity index (χ3v) is 6.73. The van der Waals surface area contributed by atoms with E-state index in [2.05, 4.69) is 34.0 Å². The van der Waals surface area contributed by atoms with Gasteiger partial charge in [-0.25, -0.2) is 18.4 Å². The zero-order valence-electron chi connectivity index (χ0n) is 18.1. The highest BCUT2D eigenvalue weighted by Crippen LogP contribution is 2.25. The van der Waals surface area contributed by atoms with Crippen molar-refractivity contribution in [1.82, 2.24) is 14.9 Å². The second kappa shape index (κ2) is 8.80. The number of likely N-dealkylation sites (tertiary alicyclic amines) is 1. The van der Waals surface area contributed by atoms with Crippen molar-refractivity contribution in [2.24, 2.45) is 0 Å². The van der Waals surface area contributed by atoms with Gasteiger partial charge in [-0.05, 0) is 63.1 Å². The van der Waals surface area contributed by atoms with E-state index in [-0.39, 0.29) is 11.0 Å². The van der Waals surface area contributed by atoms with Crippen molar-refractivity contribution < 1.29 is 13.2 Å². The summed E-state index contributed by atoms with van der Waals surface area (Å²) >= 11 is 0. The van der Waals surface area contributed by atoms with Gasteiger partial charge in [0.25, 0.3) is 0 Å². The summed E-state index contributed by atoms with van der Waals surface area (Å²) in [4.78, 5) is 11.7. The van der Waals surface area contributed by atoms with E-state index < -0.39 is 9.84 Å². The molecule has 0 aliphatic carbocycles. The first-order chi connectivity index (χ1) is 14.8. The molecule has 2 aromatic carbocycles. The Labute approximate surface area is 183 Å². The maximum atomic E-state index is 11.6. The van der Waals surface area contributed by atoms with Gasteiger partial charge in [0, 0.05) is 48.7 Å². The monoisotopic (exact) mass is 440 g/mol. The lowest BCUT2D eigenvalue weighted by atomic mass is 10.1. The summed E-state index contributed by atoms with van der Waals surface area (Å²) in [7, 11) is -3.22. The number of fused-ring (bicyclic) bond motifs is 1. The molecule has 31 heavy (non-hydrogen) atoms. The minimum absolute atomic E-state index is 0.222. The normalized spacial score (nSPS) is 16.0. The standard InChI is InChI=1S/C23H28N4O3S/c1-16(2)27-12-10-19(11-13-27)30-20-7-4-17-15-24-23(26-22(17)14-20)25-18-5-8-21(9-6-18)31(3,28)29/h4-9,14-16,19H,10-13H2,1-3H3,(H,24,25,26). The van der Waals surface area contributed by atoms with Crippen LogP contribution in [0.3, 0.4) is 0 Å². The zero-order valence-corrected chi connectivity index (χ0v) is 18.9. The van der Waals surface area contributed by atoms with Gasteiger partial charge < -0.3 is 15.0 Å². The number of rotatable bonds is 6. The molecule has 1 saturated heterocycles. The minimum Gasteiger partial charge on any atom is -0.490 e. The van der Waals surface area contributed by atoms with Gasteiger partial charge in [-0.3, -0.25) is 0 Å². The summed E-state index contributed by atoms with van der Waals surface area (Å²) in [5, 5.41) is 4.06. The van der Waals surface area contributed by atoms with E-state index in [1.54, 1.807) is 30.5 Å². The maximum absolute atomic E-state index is 11.6. The van der Waals surface area contributed by atoms with Crippen molar-refractivity contribution in [2.45, 2.75) is 43.7 Å². The Bertz CT molecular complexity index is 1160. The summed E-state index contributed by atoms with van der Waals surface area (Å²) in [6.07, 6.45) is 5.22. The fourth-order valence-electron chi connectivity index (χ4n) is 3.75. The molecule has 0 bridgehead atoms. The third kappa shape index (κ3) is 5.32. The molecule has 0 radical (unpaired) electrons. The van der Waals surface area contributed by atoms with Crippen LogP contribution >= 0.6 is 0 Å². The van der Waals surface area contributed by atoms with Crippen molar-refractivity contribution in [3.05, 3.63) is 48.7 Å². The summed E-state index contributed by atoms with van der Waals surface area (Å²) in [6.45, 7) is 6.58. The molecule has 0 saturated carbocycles. The van der Waals surface area contributed by atoms with E-state index in [0.717, 1.165) is 48.3 Å². The van der Waals surface area contributed by atoms with Gasteiger partial charge in [-0.15, -0.1) is 0 Å². The van der Waals surface area contributed by atoms with E-state index in [1.165, 1.54) is 6.26 Å². The Hall–Kier alpha value is -2.71. The zero-order chi connectivity index (χ0) is 22.0. The van der Waals surface area contributed by atoms with Gasteiger partial charge in [0.1, 0.15) is 11.9 Å². The van der Waals surface area contributed by atoms with Crippen LogP contribution in [-0.2, 0) is 9.84 Å². The van der Waals surface area contributed by atoms with E-state index in [9.17, 15) is 8.42 Å². The van der Waals surface area contributed by atoms with Crippen LogP contribution in [0.5, 0.6) is 5.75 Å². The summed E-state index contributed by atoms with van der Waals surface area (Å²) in [5.74, 6) is 1.26. The smallest absolute Gasteiger partial charge is 0.227 e. The summed E-state index contributed by atoms with van der Waals surface area (Å²) in [6, 6.07) is 13.0. The number of ether oxygens (including phenoxy) is 1. The molecule has 7 nitrogen and oxygen atoms in total. The van der Waals surface area contributed by atoms with Crippen LogP contribution in [0.25, 0.3) is 10.9 Å². The SMILES string of the molecule is CC(C)N1CCC(Oc2ccc3cnc(Nc4ccc(S(C)(=O)=O)cc4)nc3c2)CC1. The molecule has 1 fully saturated rings. The van der Waals surface area contributed by atoms with Crippen molar-refractivity contribution in [1.29, 1.82) is 0 Å². The van der Waals surface area contributed by atoms with Crippen molar-refractivity contribution in [3.63, 3.8) is 0 Å². The number of piperidine rings is 1. The Kier molecular flexibility index (Phi) is 6.11. The molecule has 3 aromatic rings. The van der Waals surface area contributed by atoms with Crippen molar-refractivity contribution in [3.8, 4) is 5.75 Å². The lowest BCUT2D eigenvalue weighted by Crippen LogP contribution is -2.41. The van der Waals surface area contributed by atoms with Crippen LogP contribution in [0.15, 0.2) is 53.6 Å². The van der Waals surface area contributed by atoms with Gasteiger partial charge in [0.15, 0.2) is 9.84 Å².